The highest BCUT2D eigenvalue weighted by Crippen LogP contribution is 2.43. The summed E-state index contributed by atoms with van der Waals surface area (Å²) in [4.78, 5) is 23.5. The quantitative estimate of drug-likeness (QED) is 0.842. The van der Waals surface area contributed by atoms with Crippen LogP contribution in [0.5, 0.6) is 0 Å². The Morgan fingerprint density at radius 1 is 1.35 bits per heavy atom. The topological polar surface area (TPSA) is 88.8 Å². The summed E-state index contributed by atoms with van der Waals surface area (Å²) in [6.07, 6.45) is 3.36. The van der Waals surface area contributed by atoms with Crippen molar-refractivity contribution >= 4 is 11.5 Å². The van der Waals surface area contributed by atoms with Gasteiger partial charge in [-0.25, -0.2) is 4.79 Å². The van der Waals surface area contributed by atoms with Crippen molar-refractivity contribution in [2.24, 2.45) is 5.92 Å². The maximum Gasteiger partial charge on any atom is 0.341 e. The fourth-order valence-corrected chi connectivity index (χ4v) is 3.94. The Balaban J connectivity index is 2.00. The van der Waals surface area contributed by atoms with Crippen molar-refractivity contribution in [3.05, 3.63) is 39.3 Å². The molecule has 3 rings (SSSR count). The molecule has 6 nitrogen and oxygen atoms in total. The van der Waals surface area contributed by atoms with Gasteiger partial charge in [-0.15, -0.1) is 0 Å². The van der Waals surface area contributed by atoms with Crippen LogP contribution in [0.2, 0.25) is 0 Å². The van der Waals surface area contributed by atoms with Crippen LogP contribution >= 0.6 is 0 Å². The minimum atomic E-state index is -1.20. The van der Waals surface area contributed by atoms with E-state index < -0.39 is 17.5 Å². The molecule has 1 aromatic rings. The Bertz CT molecular complexity index is 792. The van der Waals surface area contributed by atoms with Crippen LogP contribution < -0.4 is 5.43 Å². The van der Waals surface area contributed by atoms with E-state index in [1.54, 1.807) is 0 Å². The van der Waals surface area contributed by atoms with E-state index in [1.165, 1.54) is 17.8 Å². The van der Waals surface area contributed by atoms with Crippen molar-refractivity contribution in [2.75, 3.05) is 6.61 Å². The number of pyridine rings is 1. The van der Waals surface area contributed by atoms with Crippen LogP contribution in [0, 0.1) is 5.92 Å². The third-order valence-corrected chi connectivity index (χ3v) is 5.33. The van der Waals surface area contributed by atoms with Crippen molar-refractivity contribution in [3.8, 4) is 0 Å². The first-order valence-corrected chi connectivity index (χ1v) is 9.32. The molecule has 0 bridgehead atoms. The number of nitrogens with zero attached hydrogens (tertiary/aromatic N) is 1. The van der Waals surface area contributed by atoms with Crippen LogP contribution in [0.15, 0.2) is 22.6 Å². The van der Waals surface area contributed by atoms with Crippen LogP contribution in [-0.2, 0) is 4.74 Å². The monoisotopic (exact) mass is 361 g/mol. The third-order valence-electron chi connectivity index (χ3n) is 5.33. The van der Waals surface area contributed by atoms with E-state index in [-0.39, 0.29) is 17.7 Å². The van der Waals surface area contributed by atoms with Gasteiger partial charge in [0.05, 0.1) is 12.2 Å². The zero-order valence-corrected chi connectivity index (χ0v) is 15.6. The molecular weight excluding hydrogens is 334 g/mol. The summed E-state index contributed by atoms with van der Waals surface area (Å²) in [6, 6.07) is 1.53. The molecule has 1 aromatic heterocycles. The van der Waals surface area contributed by atoms with Gasteiger partial charge in [0.2, 0.25) is 0 Å². The largest absolute Gasteiger partial charge is 0.477 e. The average molecular weight is 361 g/mol. The molecule has 6 heteroatoms. The summed E-state index contributed by atoms with van der Waals surface area (Å²) in [5.41, 5.74) is 2.25. The van der Waals surface area contributed by atoms with E-state index in [9.17, 15) is 19.8 Å². The Morgan fingerprint density at radius 3 is 2.69 bits per heavy atom. The van der Waals surface area contributed by atoms with E-state index in [0.717, 1.165) is 24.1 Å². The number of carbonyl (C=O) groups is 1. The number of aromatic nitrogens is 1. The van der Waals surface area contributed by atoms with Crippen molar-refractivity contribution in [1.29, 1.82) is 0 Å². The van der Waals surface area contributed by atoms with Gasteiger partial charge in [-0.1, -0.05) is 26.3 Å². The van der Waals surface area contributed by atoms with Crippen molar-refractivity contribution in [2.45, 2.75) is 64.7 Å². The Morgan fingerprint density at radius 2 is 2.08 bits per heavy atom. The Kier molecular flexibility index (Phi) is 5.34. The lowest BCUT2D eigenvalue weighted by Crippen LogP contribution is -2.37. The van der Waals surface area contributed by atoms with E-state index in [4.69, 9.17) is 4.74 Å². The lowest BCUT2D eigenvalue weighted by atomic mass is 9.80. The first-order valence-electron chi connectivity index (χ1n) is 9.32. The maximum atomic E-state index is 12.2. The van der Waals surface area contributed by atoms with Gasteiger partial charge in [-0.2, -0.15) is 0 Å². The van der Waals surface area contributed by atoms with Gasteiger partial charge in [0, 0.05) is 37.0 Å². The van der Waals surface area contributed by atoms with Gasteiger partial charge in [0.25, 0.3) is 0 Å². The molecule has 2 heterocycles. The van der Waals surface area contributed by atoms with Crippen LogP contribution in [-0.4, -0.2) is 39.6 Å². The van der Waals surface area contributed by atoms with E-state index in [1.807, 2.05) is 4.57 Å². The van der Waals surface area contributed by atoms with E-state index in [2.05, 4.69) is 20.8 Å². The molecule has 2 aliphatic rings. The van der Waals surface area contributed by atoms with Crippen LogP contribution in [0.25, 0.3) is 5.57 Å². The number of hydrogen-bond acceptors (Lipinski definition) is 4. The van der Waals surface area contributed by atoms with Crippen LogP contribution in [0.4, 0.5) is 0 Å². The second-order valence-electron chi connectivity index (χ2n) is 7.74. The summed E-state index contributed by atoms with van der Waals surface area (Å²) in [5, 5.41) is 19.8. The molecule has 0 saturated heterocycles. The lowest BCUT2D eigenvalue weighted by Gasteiger charge is -2.39. The molecule has 1 aliphatic carbocycles. The summed E-state index contributed by atoms with van der Waals surface area (Å²) in [6.45, 7) is 6.83. The van der Waals surface area contributed by atoms with Crippen molar-refractivity contribution in [1.82, 2.24) is 4.57 Å². The molecule has 3 atom stereocenters. The predicted octanol–water partition coefficient (Wildman–Crippen LogP) is 2.85. The fraction of sp³-hybridized carbons (Fsp3) is 0.600. The van der Waals surface area contributed by atoms with E-state index >= 15 is 0 Å². The minimum Gasteiger partial charge on any atom is -0.477 e. The zero-order chi connectivity index (χ0) is 19.0. The average Bonchev–Trinajstić information content (AvgIpc) is 2.58. The van der Waals surface area contributed by atoms with Gasteiger partial charge < -0.3 is 19.5 Å². The second-order valence-corrected chi connectivity index (χ2v) is 7.74. The standard InChI is InChI=1S/C20H27NO5/c1-4-13-5-12-6-19(26-10-11(2)3)18(23)7-14(12)16-8-17(22)15(20(24)25)9-21(13)16/h8-9,11,13,18-19,23H,4-7,10H2,1-3H3,(H,24,25). The third kappa shape index (κ3) is 3.48. The summed E-state index contributed by atoms with van der Waals surface area (Å²) in [7, 11) is 0. The lowest BCUT2D eigenvalue weighted by molar-refractivity contribution is -0.0474. The molecule has 26 heavy (non-hydrogen) atoms. The summed E-state index contributed by atoms with van der Waals surface area (Å²) in [5.74, 6) is -0.799. The summed E-state index contributed by atoms with van der Waals surface area (Å²) >= 11 is 0. The van der Waals surface area contributed by atoms with Crippen LogP contribution in [0.3, 0.4) is 0 Å². The van der Waals surface area contributed by atoms with Gasteiger partial charge in [-0.05, 0) is 30.8 Å². The molecule has 1 aliphatic heterocycles. The van der Waals surface area contributed by atoms with Gasteiger partial charge in [0.15, 0.2) is 5.43 Å². The highest BCUT2D eigenvalue weighted by Gasteiger charge is 2.35. The van der Waals surface area contributed by atoms with Gasteiger partial charge in [0.1, 0.15) is 5.56 Å². The molecule has 2 N–H and O–H groups in total. The van der Waals surface area contributed by atoms with Crippen molar-refractivity contribution in [3.63, 3.8) is 0 Å². The normalized spacial score (nSPS) is 25.2. The SMILES string of the molecule is CCC1CC2=C(CC(O)C(OCC(C)C)C2)c2cc(=O)c(C(=O)O)cn21. The number of carboxylic acid groups (broad SMARTS) is 1. The number of aliphatic hydroxyl groups is 1. The number of ether oxygens (including phenoxy) is 1. The zero-order valence-electron chi connectivity index (χ0n) is 15.6. The molecule has 0 fully saturated rings. The van der Waals surface area contributed by atoms with E-state index in [0.29, 0.717) is 25.4 Å². The Labute approximate surface area is 153 Å². The molecular formula is C20H27NO5. The highest BCUT2D eigenvalue weighted by molar-refractivity contribution is 5.87. The second kappa shape index (κ2) is 7.37. The molecule has 0 radical (unpaired) electrons. The minimum absolute atomic E-state index is 0.114. The van der Waals surface area contributed by atoms with Crippen LogP contribution in [0.1, 0.15) is 68.5 Å². The number of aliphatic hydroxyl groups excluding tert-OH is 1. The number of aromatic carboxylic acids is 1. The summed E-state index contributed by atoms with van der Waals surface area (Å²) < 4.78 is 7.81. The van der Waals surface area contributed by atoms with Crippen molar-refractivity contribution < 1.29 is 19.7 Å². The van der Waals surface area contributed by atoms with Gasteiger partial charge >= 0.3 is 5.97 Å². The Hall–Kier alpha value is -1.92. The molecule has 142 valence electrons. The fourth-order valence-electron chi connectivity index (χ4n) is 3.94. The van der Waals surface area contributed by atoms with Gasteiger partial charge in [-0.3, -0.25) is 4.79 Å². The predicted molar refractivity (Wildman–Crippen MR) is 98.3 cm³/mol. The number of hydrogen-bond donors (Lipinski definition) is 2. The molecule has 0 saturated carbocycles. The molecule has 3 unspecified atom stereocenters. The molecule has 0 spiro atoms. The maximum absolute atomic E-state index is 12.2. The smallest absolute Gasteiger partial charge is 0.341 e. The highest BCUT2D eigenvalue weighted by atomic mass is 16.5. The number of fused-ring (bicyclic) bond motifs is 2. The number of rotatable bonds is 5. The molecule has 0 aromatic carbocycles. The first kappa shape index (κ1) is 18.9. The number of carboxylic acids is 1. The first-order chi connectivity index (χ1) is 12.3. The molecule has 0 amide bonds.